The van der Waals surface area contributed by atoms with E-state index in [0.717, 1.165) is 36.0 Å². The summed E-state index contributed by atoms with van der Waals surface area (Å²) in [4.78, 5) is 11.1. The molecule has 2 N–H and O–H groups in total. The fraction of sp³-hybridized carbons (Fsp3) is 0.333. The van der Waals surface area contributed by atoms with Crippen LogP contribution in [0.5, 0.6) is 0 Å². The van der Waals surface area contributed by atoms with Gasteiger partial charge in [0.15, 0.2) is 5.82 Å². The molecule has 0 aliphatic heterocycles. The number of carboxylic acids is 1. The highest BCUT2D eigenvalue weighted by molar-refractivity contribution is 5.94. The zero-order valence-electron chi connectivity index (χ0n) is 13.3. The lowest BCUT2D eigenvalue weighted by molar-refractivity contribution is 0.0697. The summed E-state index contributed by atoms with van der Waals surface area (Å²) >= 11 is 0. The minimum Gasteiger partial charge on any atom is -0.478 e. The number of aromatic nitrogens is 3. The van der Waals surface area contributed by atoms with Crippen LogP contribution in [0.3, 0.4) is 0 Å². The first-order chi connectivity index (χ1) is 10.9. The molecule has 2 aromatic heterocycles. The van der Waals surface area contributed by atoms with Crippen molar-refractivity contribution in [1.29, 1.82) is 0 Å². The van der Waals surface area contributed by atoms with Gasteiger partial charge in [-0.05, 0) is 48.9 Å². The molecule has 0 saturated carbocycles. The van der Waals surface area contributed by atoms with Crippen molar-refractivity contribution in [2.75, 3.05) is 0 Å². The number of carboxylic acid groups (broad SMARTS) is 1. The molecule has 1 aliphatic carbocycles. The second-order valence-corrected chi connectivity index (χ2v) is 7.11. The monoisotopic (exact) mass is 309 g/mol. The Morgan fingerprint density at radius 3 is 2.96 bits per heavy atom. The van der Waals surface area contributed by atoms with Crippen LogP contribution < -0.4 is 0 Å². The van der Waals surface area contributed by atoms with Crippen molar-refractivity contribution in [3.8, 4) is 5.82 Å². The van der Waals surface area contributed by atoms with E-state index >= 15 is 0 Å². The summed E-state index contributed by atoms with van der Waals surface area (Å²) in [5.41, 5.74) is 4.10. The Hall–Kier alpha value is -2.56. The van der Waals surface area contributed by atoms with E-state index < -0.39 is 5.97 Å². The van der Waals surface area contributed by atoms with Crippen molar-refractivity contribution >= 4 is 16.9 Å². The van der Waals surface area contributed by atoms with Crippen LogP contribution in [-0.4, -0.2) is 25.8 Å². The lowest BCUT2D eigenvalue weighted by atomic mass is 9.77. The summed E-state index contributed by atoms with van der Waals surface area (Å²) in [5, 5.41) is 17.8. The van der Waals surface area contributed by atoms with E-state index in [4.69, 9.17) is 5.11 Å². The van der Waals surface area contributed by atoms with Crippen molar-refractivity contribution in [2.45, 2.75) is 33.1 Å². The van der Waals surface area contributed by atoms with Gasteiger partial charge < -0.3 is 5.11 Å². The second kappa shape index (κ2) is 4.72. The van der Waals surface area contributed by atoms with Crippen LogP contribution in [0.15, 0.2) is 30.5 Å². The lowest BCUT2D eigenvalue weighted by Gasteiger charge is -2.29. The Labute approximate surface area is 133 Å². The molecule has 2 heterocycles. The SMILES string of the molecule is CC1(C)CCc2c(-n3ccc4cc(C(=O)O)ccc43)n[nH]c2C1. The highest BCUT2D eigenvalue weighted by Crippen LogP contribution is 2.36. The van der Waals surface area contributed by atoms with Gasteiger partial charge >= 0.3 is 5.97 Å². The van der Waals surface area contributed by atoms with E-state index in [2.05, 4.69) is 28.6 Å². The van der Waals surface area contributed by atoms with Gasteiger partial charge in [0.25, 0.3) is 0 Å². The zero-order valence-corrected chi connectivity index (χ0v) is 13.3. The van der Waals surface area contributed by atoms with Gasteiger partial charge in [0.05, 0.1) is 11.1 Å². The molecule has 0 saturated heterocycles. The molecule has 0 bridgehead atoms. The van der Waals surface area contributed by atoms with Gasteiger partial charge in [-0.1, -0.05) is 13.8 Å². The minimum absolute atomic E-state index is 0.307. The fourth-order valence-electron chi connectivity index (χ4n) is 3.49. The van der Waals surface area contributed by atoms with Crippen molar-refractivity contribution in [3.05, 3.63) is 47.3 Å². The Bertz CT molecular complexity index is 918. The molecule has 5 heteroatoms. The van der Waals surface area contributed by atoms with Gasteiger partial charge in [0.2, 0.25) is 0 Å². The van der Waals surface area contributed by atoms with E-state index in [1.165, 1.54) is 11.3 Å². The molecule has 0 fully saturated rings. The standard InChI is InChI=1S/C18H19N3O2/c1-18(2)7-5-13-14(10-18)19-20-16(13)21-8-6-11-9-12(17(22)23)3-4-15(11)21/h3-4,6,8-9H,5,7,10H2,1-2H3,(H,19,20)(H,22,23). The lowest BCUT2D eigenvalue weighted by Crippen LogP contribution is -2.22. The number of rotatable bonds is 2. The van der Waals surface area contributed by atoms with Crippen LogP contribution in [-0.2, 0) is 12.8 Å². The van der Waals surface area contributed by atoms with E-state index in [0.29, 0.717) is 11.0 Å². The summed E-state index contributed by atoms with van der Waals surface area (Å²) in [6.07, 6.45) is 5.14. The van der Waals surface area contributed by atoms with Gasteiger partial charge in [-0.3, -0.25) is 9.67 Å². The molecule has 0 amide bonds. The molecule has 118 valence electrons. The summed E-state index contributed by atoms with van der Waals surface area (Å²) in [6, 6.07) is 7.14. The van der Waals surface area contributed by atoms with Crippen LogP contribution in [0.1, 0.15) is 41.9 Å². The topological polar surface area (TPSA) is 70.9 Å². The molecule has 3 aromatic rings. The zero-order chi connectivity index (χ0) is 16.2. The third-order valence-electron chi connectivity index (χ3n) is 4.80. The molecule has 1 aliphatic rings. The number of fused-ring (bicyclic) bond motifs is 2. The van der Waals surface area contributed by atoms with E-state index in [9.17, 15) is 4.79 Å². The van der Waals surface area contributed by atoms with Gasteiger partial charge in [-0.25, -0.2) is 4.79 Å². The molecule has 0 radical (unpaired) electrons. The Kier molecular flexibility index (Phi) is 2.88. The van der Waals surface area contributed by atoms with E-state index in [-0.39, 0.29) is 0 Å². The fourth-order valence-corrected chi connectivity index (χ4v) is 3.49. The first-order valence-electron chi connectivity index (χ1n) is 7.85. The third-order valence-corrected chi connectivity index (χ3v) is 4.80. The third kappa shape index (κ3) is 2.23. The summed E-state index contributed by atoms with van der Waals surface area (Å²) in [7, 11) is 0. The maximum atomic E-state index is 11.1. The molecular formula is C18H19N3O2. The number of hydrogen-bond acceptors (Lipinski definition) is 2. The number of H-pyrrole nitrogens is 1. The molecule has 0 spiro atoms. The van der Waals surface area contributed by atoms with Gasteiger partial charge in [0, 0.05) is 22.8 Å². The maximum absolute atomic E-state index is 11.1. The number of aromatic carboxylic acids is 1. The van der Waals surface area contributed by atoms with Crippen LogP contribution in [0.25, 0.3) is 16.7 Å². The second-order valence-electron chi connectivity index (χ2n) is 7.11. The molecule has 23 heavy (non-hydrogen) atoms. The van der Waals surface area contributed by atoms with Crippen molar-refractivity contribution in [2.24, 2.45) is 5.41 Å². The molecule has 0 unspecified atom stereocenters. The van der Waals surface area contributed by atoms with Gasteiger partial charge in [-0.15, -0.1) is 0 Å². The average Bonchev–Trinajstić information content (AvgIpc) is 3.08. The normalized spacial score (nSPS) is 16.4. The van der Waals surface area contributed by atoms with E-state index in [1.807, 2.05) is 18.3 Å². The smallest absolute Gasteiger partial charge is 0.335 e. The number of aromatic amines is 1. The van der Waals surface area contributed by atoms with Crippen LogP contribution in [0, 0.1) is 5.41 Å². The number of carbonyl (C=O) groups is 1. The molecule has 1 aromatic carbocycles. The maximum Gasteiger partial charge on any atom is 0.335 e. The highest BCUT2D eigenvalue weighted by atomic mass is 16.4. The van der Waals surface area contributed by atoms with Crippen LogP contribution in [0.2, 0.25) is 0 Å². The largest absolute Gasteiger partial charge is 0.478 e. The van der Waals surface area contributed by atoms with Gasteiger partial charge in [-0.2, -0.15) is 5.10 Å². The summed E-state index contributed by atoms with van der Waals surface area (Å²) in [5.74, 6) is 0.0348. The predicted molar refractivity (Wildman–Crippen MR) is 88.2 cm³/mol. The summed E-state index contributed by atoms with van der Waals surface area (Å²) in [6.45, 7) is 4.57. The molecule has 4 rings (SSSR count). The van der Waals surface area contributed by atoms with Crippen LogP contribution >= 0.6 is 0 Å². The van der Waals surface area contributed by atoms with Gasteiger partial charge in [0.1, 0.15) is 0 Å². The quantitative estimate of drug-likeness (QED) is 0.760. The number of benzene rings is 1. The minimum atomic E-state index is -0.904. The summed E-state index contributed by atoms with van der Waals surface area (Å²) < 4.78 is 2.05. The Morgan fingerprint density at radius 2 is 2.17 bits per heavy atom. The highest BCUT2D eigenvalue weighted by Gasteiger charge is 2.29. The number of hydrogen-bond donors (Lipinski definition) is 2. The molecule has 5 nitrogen and oxygen atoms in total. The molecule has 0 atom stereocenters. The van der Waals surface area contributed by atoms with Crippen LogP contribution in [0.4, 0.5) is 0 Å². The Balaban J connectivity index is 1.82. The van der Waals surface area contributed by atoms with Crippen molar-refractivity contribution in [1.82, 2.24) is 14.8 Å². The molecular weight excluding hydrogens is 290 g/mol. The average molecular weight is 309 g/mol. The Morgan fingerprint density at radius 1 is 1.35 bits per heavy atom. The van der Waals surface area contributed by atoms with Crippen molar-refractivity contribution in [3.63, 3.8) is 0 Å². The number of nitrogens with one attached hydrogen (secondary N) is 1. The first-order valence-corrected chi connectivity index (χ1v) is 7.85. The van der Waals surface area contributed by atoms with E-state index in [1.54, 1.807) is 12.1 Å². The first kappa shape index (κ1) is 14.1. The van der Waals surface area contributed by atoms with Crippen molar-refractivity contribution < 1.29 is 9.90 Å². The number of nitrogens with zero attached hydrogens (tertiary/aromatic N) is 2. The predicted octanol–water partition coefficient (Wildman–Crippen LogP) is 3.57.